The van der Waals surface area contributed by atoms with Gasteiger partial charge in [-0.05, 0) is 45.1 Å². The van der Waals surface area contributed by atoms with E-state index in [1.807, 2.05) is 0 Å². The smallest absolute Gasteiger partial charge is 0.0689 e. The van der Waals surface area contributed by atoms with E-state index in [0.717, 1.165) is 32.1 Å². The Hall–Kier alpha value is -0.860. The first kappa shape index (κ1) is 12.6. The molecule has 1 aromatic carbocycles. The van der Waals surface area contributed by atoms with Crippen LogP contribution in [0, 0.1) is 13.8 Å². The van der Waals surface area contributed by atoms with E-state index in [1.54, 1.807) is 0 Å². The molecule has 0 saturated heterocycles. The molecule has 0 amide bonds. The fraction of sp³-hybridized carbons (Fsp3) is 0.600. The molecule has 2 rings (SSSR count). The minimum Gasteiger partial charge on any atom is -0.390 e. The van der Waals surface area contributed by atoms with E-state index in [9.17, 15) is 5.11 Å². The Morgan fingerprint density at radius 2 is 1.71 bits per heavy atom. The van der Waals surface area contributed by atoms with Gasteiger partial charge < -0.3 is 10.8 Å². The van der Waals surface area contributed by atoms with Crippen LogP contribution in [0.1, 0.15) is 42.4 Å². The number of benzene rings is 1. The second-order valence-corrected chi connectivity index (χ2v) is 5.73. The van der Waals surface area contributed by atoms with Gasteiger partial charge in [0, 0.05) is 12.5 Å². The zero-order valence-corrected chi connectivity index (χ0v) is 10.9. The second kappa shape index (κ2) is 4.79. The Kier molecular flexibility index (Phi) is 3.55. The van der Waals surface area contributed by atoms with Crippen LogP contribution >= 0.6 is 0 Å². The monoisotopic (exact) mass is 233 g/mol. The molecule has 1 aliphatic rings. The molecule has 0 radical (unpaired) electrons. The van der Waals surface area contributed by atoms with E-state index in [0.29, 0.717) is 0 Å². The summed E-state index contributed by atoms with van der Waals surface area (Å²) in [6.45, 7) is 4.22. The molecule has 0 aromatic heterocycles. The maximum atomic E-state index is 10.6. The highest BCUT2D eigenvalue weighted by Crippen LogP contribution is 2.31. The van der Waals surface area contributed by atoms with Crippen LogP contribution in [0.5, 0.6) is 0 Å². The molecule has 0 atom stereocenters. The van der Waals surface area contributed by atoms with Gasteiger partial charge in [0.2, 0.25) is 0 Å². The predicted molar refractivity (Wildman–Crippen MR) is 71.0 cm³/mol. The summed E-state index contributed by atoms with van der Waals surface area (Å²) in [5.41, 5.74) is 9.15. The van der Waals surface area contributed by atoms with Crippen LogP contribution in [0.2, 0.25) is 0 Å². The quantitative estimate of drug-likeness (QED) is 0.824. The Balaban J connectivity index is 2.09. The minimum absolute atomic E-state index is 0.287. The minimum atomic E-state index is -0.532. The molecular weight excluding hydrogens is 210 g/mol. The van der Waals surface area contributed by atoms with Crippen molar-refractivity contribution in [1.29, 1.82) is 0 Å². The number of rotatable bonds is 2. The summed E-state index contributed by atoms with van der Waals surface area (Å²) in [5.74, 6) is 0. The second-order valence-electron chi connectivity index (χ2n) is 5.73. The lowest BCUT2D eigenvalue weighted by Crippen LogP contribution is -2.40. The van der Waals surface area contributed by atoms with Crippen LogP contribution in [-0.2, 0) is 6.42 Å². The van der Waals surface area contributed by atoms with Gasteiger partial charge in [0.15, 0.2) is 0 Å². The van der Waals surface area contributed by atoms with Crippen LogP contribution in [0.15, 0.2) is 18.2 Å². The fourth-order valence-corrected chi connectivity index (χ4v) is 2.91. The molecule has 0 spiro atoms. The molecule has 2 heteroatoms. The van der Waals surface area contributed by atoms with Crippen LogP contribution in [0.4, 0.5) is 0 Å². The summed E-state index contributed by atoms with van der Waals surface area (Å²) in [4.78, 5) is 0. The van der Waals surface area contributed by atoms with Gasteiger partial charge in [0.05, 0.1) is 5.60 Å². The molecule has 1 aromatic rings. The van der Waals surface area contributed by atoms with Gasteiger partial charge in [-0.1, -0.05) is 29.3 Å². The van der Waals surface area contributed by atoms with E-state index in [-0.39, 0.29) is 6.04 Å². The topological polar surface area (TPSA) is 46.2 Å². The Labute approximate surface area is 104 Å². The van der Waals surface area contributed by atoms with E-state index >= 15 is 0 Å². The summed E-state index contributed by atoms with van der Waals surface area (Å²) < 4.78 is 0. The van der Waals surface area contributed by atoms with Crippen LogP contribution in [0.25, 0.3) is 0 Å². The van der Waals surface area contributed by atoms with Gasteiger partial charge in [0.25, 0.3) is 0 Å². The first-order valence-electron chi connectivity index (χ1n) is 6.52. The lowest BCUT2D eigenvalue weighted by molar-refractivity contribution is 0.000204. The Morgan fingerprint density at radius 1 is 1.18 bits per heavy atom. The van der Waals surface area contributed by atoms with Crippen LogP contribution in [-0.4, -0.2) is 16.7 Å². The first-order valence-corrected chi connectivity index (χ1v) is 6.52. The Bertz CT molecular complexity index is 372. The zero-order valence-electron chi connectivity index (χ0n) is 10.9. The van der Waals surface area contributed by atoms with Crippen molar-refractivity contribution in [1.82, 2.24) is 0 Å². The largest absolute Gasteiger partial charge is 0.390 e. The summed E-state index contributed by atoms with van der Waals surface area (Å²) >= 11 is 0. The van der Waals surface area contributed by atoms with Crippen molar-refractivity contribution in [2.45, 2.75) is 57.6 Å². The maximum absolute atomic E-state index is 10.6. The number of aliphatic hydroxyl groups is 1. The highest BCUT2D eigenvalue weighted by molar-refractivity contribution is 5.29. The van der Waals surface area contributed by atoms with Gasteiger partial charge in [-0.2, -0.15) is 0 Å². The average molecular weight is 233 g/mol. The Morgan fingerprint density at radius 3 is 2.24 bits per heavy atom. The van der Waals surface area contributed by atoms with Gasteiger partial charge in [0.1, 0.15) is 0 Å². The van der Waals surface area contributed by atoms with Crippen molar-refractivity contribution < 1.29 is 5.11 Å². The maximum Gasteiger partial charge on any atom is 0.0689 e. The van der Waals surface area contributed by atoms with Crippen molar-refractivity contribution in [3.63, 3.8) is 0 Å². The highest BCUT2D eigenvalue weighted by atomic mass is 16.3. The van der Waals surface area contributed by atoms with Gasteiger partial charge in [-0.3, -0.25) is 0 Å². The van der Waals surface area contributed by atoms with E-state index in [1.165, 1.54) is 16.7 Å². The van der Waals surface area contributed by atoms with Crippen molar-refractivity contribution in [2.75, 3.05) is 0 Å². The molecule has 1 saturated carbocycles. The highest BCUT2D eigenvalue weighted by Gasteiger charge is 2.32. The lowest BCUT2D eigenvalue weighted by atomic mass is 9.78. The zero-order chi connectivity index (χ0) is 12.5. The van der Waals surface area contributed by atoms with Crippen molar-refractivity contribution in [3.8, 4) is 0 Å². The summed E-state index contributed by atoms with van der Waals surface area (Å²) in [7, 11) is 0. The molecule has 0 bridgehead atoms. The third-order valence-electron chi connectivity index (χ3n) is 3.78. The molecule has 94 valence electrons. The van der Waals surface area contributed by atoms with Gasteiger partial charge in [-0.25, -0.2) is 0 Å². The third kappa shape index (κ3) is 3.30. The molecule has 0 unspecified atom stereocenters. The number of hydrogen-bond acceptors (Lipinski definition) is 2. The van der Waals surface area contributed by atoms with Crippen molar-refractivity contribution in [2.24, 2.45) is 5.73 Å². The van der Waals surface area contributed by atoms with Crippen molar-refractivity contribution >= 4 is 0 Å². The van der Waals surface area contributed by atoms with Crippen LogP contribution in [0.3, 0.4) is 0 Å². The van der Waals surface area contributed by atoms with Gasteiger partial charge in [-0.15, -0.1) is 0 Å². The molecule has 0 heterocycles. The van der Waals surface area contributed by atoms with Crippen molar-refractivity contribution in [3.05, 3.63) is 34.9 Å². The molecule has 17 heavy (non-hydrogen) atoms. The predicted octanol–water partition coefficient (Wildman–Crippen LogP) is 2.48. The first-order chi connectivity index (χ1) is 7.97. The SMILES string of the molecule is Cc1cc(C)cc(CC2(O)CCC(N)CC2)c1. The summed E-state index contributed by atoms with van der Waals surface area (Å²) in [6, 6.07) is 6.82. The average Bonchev–Trinajstić information content (AvgIpc) is 2.21. The number of aryl methyl sites for hydroxylation is 2. The van der Waals surface area contributed by atoms with E-state index in [2.05, 4.69) is 32.0 Å². The normalized spacial score (nSPS) is 29.3. The van der Waals surface area contributed by atoms with E-state index in [4.69, 9.17) is 5.73 Å². The summed E-state index contributed by atoms with van der Waals surface area (Å²) in [5, 5.41) is 10.6. The molecule has 1 aliphatic carbocycles. The third-order valence-corrected chi connectivity index (χ3v) is 3.78. The summed E-state index contributed by atoms with van der Waals surface area (Å²) in [6.07, 6.45) is 4.33. The van der Waals surface area contributed by atoms with Gasteiger partial charge >= 0.3 is 0 Å². The van der Waals surface area contributed by atoms with E-state index < -0.39 is 5.60 Å². The standard InChI is InChI=1S/C15H23NO/c1-11-7-12(2)9-13(8-11)10-15(17)5-3-14(16)4-6-15/h7-9,14,17H,3-6,10,16H2,1-2H3. The molecule has 2 nitrogen and oxygen atoms in total. The molecular formula is C15H23NO. The number of hydrogen-bond donors (Lipinski definition) is 2. The molecule has 0 aliphatic heterocycles. The van der Waals surface area contributed by atoms with Crippen LogP contribution < -0.4 is 5.73 Å². The molecule has 3 N–H and O–H groups in total. The molecule has 1 fully saturated rings. The number of nitrogens with two attached hydrogens (primary N) is 1. The lowest BCUT2D eigenvalue weighted by Gasteiger charge is -2.35. The fourth-order valence-electron chi connectivity index (χ4n) is 2.91.